The molecule has 7 nitrogen and oxygen atoms in total. The average molecular weight is 344 g/mol. The third-order valence-electron chi connectivity index (χ3n) is 3.29. The zero-order valence-electron chi connectivity index (χ0n) is 12.7. The van der Waals surface area contributed by atoms with Crippen molar-refractivity contribution >= 4 is 46.1 Å². The van der Waals surface area contributed by atoms with Crippen molar-refractivity contribution in [3.63, 3.8) is 0 Å². The number of carbonyl (C=O) groups is 1. The molecule has 1 aromatic carbocycles. The Morgan fingerprint density at radius 3 is 2.67 bits per heavy atom. The van der Waals surface area contributed by atoms with Gasteiger partial charge >= 0.3 is 6.09 Å². The fraction of sp³-hybridized carbons (Fsp3) is 0.125. The second kappa shape index (κ2) is 6.67. The van der Waals surface area contributed by atoms with E-state index in [1.54, 1.807) is 24.4 Å². The Kier molecular flexibility index (Phi) is 4.43. The van der Waals surface area contributed by atoms with Gasteiger partial charge in [0.2, 0.25) is 0 Å². The van der Waals surface area contributed by atoms with Gasteiger partial charge < -0.3 is 10.4 Å². The van der Waals surface area contributed by atoms with Gasteiger partial charge in [-0.2, -0.15) is 0 Å². The molecule has 0 aliphatic rings. The number of rotatable bonds is 4. The summed E-state index contributed by atoms with van der Waals surface area (Å²) in [6.45, 7) is 1.98. The highest BCUT2D eigenvalue weighted by atomic mass is 35.5. The number of aromatic nitrogens is 3. The van der Waals surface area contributed by atoms with Crippen molar-refractivity contribution in [3.05, 3.63) is 47.2 Å². The number of nitrogens with zero attached hydrogens (tertiary/aromatic N) is 3. The molecule has 3 N–H and O–H groups in total. The zero-order chi connectivity index (χ0) is 17.1. The third-order valence-corrected chi connectivity index (χ3v) is 3.54. The minimum Gasteiger partial charge on any atom is -0.465 e. The maximum Gasteiger partial charge on any atom is 0.410 e. The van der Waals surface area contributed by atoms with Crippen molar-refractivity contribution in [1.29, 1.82) is 0 Å². The monoisotopic (exact) mass is 343 g/mol. The molecular weight excluding hydrogens is 330 g/mol. The summed E-state index contributed by atoms with van der Waals surface area (Å²) >= 11 is 5.90. The van der Waals surface area contributed by atoms with Crippen LogP contribution in [0, 0.1) is 0 Å². The van der Waals surface area contributed by atoms with Crippen LogP contribution in [-0.2, 0) is 6.42 Å². The molecule has 0 unspecified atom stereocenters. The van der Waals surface area contributed by atoms with Crippen molar-refractivity contribution in [2.45, 2.75) is 13.3 Å². The zero-order valence-corrected chi connectivity index (χ0v) is 13.5. The number of halogens is 1. The summed E-state index contributed by atoms with van der Waals surface area (Å²) < 4.78 is 0. The van der Waals surface area contributed by atoms with Crippen LogP contribution in [0.15, 0.2) is 36.5 Å². The largest absolute Gasteiger partial charge is 0.465 e. The summed E-state index contributed by atoms with van der Waals surface area (Å²) in [7, 11) is 0. The van der Waals surface area contributed by atoms with Crippen LogP contribution < -0.4 is 10.6 Å². The van der Waals surface area contributed by atoms with Gasteiger partial charge in [0, 0.05) is 16.8 Å². The van der Waals surface area contributed by atoms with E-state index in [1.807, 2.05) is 19.1 Å². The molecule has 0 saturated heterocycles. The number of pyridine rings is 1. The van der Waals surface area contributed by atoms with E-state index in [4.69, 9.17) is 16.7 Å². The number of fused-ring (bicyclic) bond motifs is 1. The molecular formula is C16H14ClN5O2. The molecule has 0 aliphatic carbocycles. The topological polar surface area (TPSA) is 100 Å². The quantitative estimate of drug-likeness (QED) is 0.660. The van der Waals surface area contributed by atoms with Gasteiger partial charge in [0.05, 0.1) is 17.6 Å². The Bertz CT molecular complexity index is 899. The molecule has 0 fully saturated rings. The number of nitrogens with one attached hydrogen (secondary N) is 2. The maximum atomic E-state index is 10.9. The highest BCUT2D eigenvalue weighted by Crippen LogP contribution is 2.27. The first-order chi connectivity index (χ1) is 11.5. The minimum absolute atomic E-state index is 0.171. The predicted molar refractivity (Wildman–Crippen MR) is 93.1 cm³/mol. The number of hydrogen-bond acceptors (Lipinski definition) is 5. The Labute approximate surface area is 142 Å². The van der Waals surface area contributed by atoms with Crippen LogP contribution in [0.2, 0.25) is 5.02 Å². The van der Waals surface area contributed by atoms with E-state index < -0.39 is 6.09 Å². The molecule has 0 radical (unpaired) electrons. The lowest BCUT2D eigenvalue weighted by Gasteiger charge is -2.11. The van der Waals surface area contributed by atoms with Crippen LogP contribution in [0.3, 0.4) is 0 Å². The van der Waals surface area contributed by atoms with Gasteiger partial charge in [-0.05, 0) is 30.7 Å². The summed E-state index contributed by atoms with van der Waals surface area (Å²) in [6, 6.07) is 8.73. The fourth-order valence-corrected chi connectivity index (χ4v) is 2.29. The van der Waals surface area contributed by atoms with Gasteiger partial charge in [-0.3, -0.25) is 5.32 Å². The van der Waals surface area contributed by atoms with E-state index in [2.05, 4.69) is 25.6 Å². The van der Waals surface area contributed by atoms with E-state index in [0.29, 0.717) is 21.9 Å². The van der Waals surface area contributed by atoms with Crippen molar-refractivity contribution in [1.82, 2.24) is 15.0 Å². The Morgan fingerprint density at radius 2 is 2.00 bits per heavy atom. The van der Waals surface area contributed by atoms with Crippen molar-refractivity contribution in [3.8, 4) is 0 Å². The van der Waals surface area contributed by atoms with Gasteiger partial charge in [-0.25, -0.2) is 19.7 Å². The molecule has 24 heavy (non-hydrogen) atoms. The van der Waals surface area contributed by atoms with Crippen molar-refractivity contribution in [2.24, 2.45) is 0 Å². The van der Waals surface area contributed by atoms with Crippen LogP contribution in [-0.4, -0.2) is 26.2 Å². The number of anilines is 3. The van der Waals surface area contributed by atoms with Crippen LogP contribution in [0.25, 0.3) is 11.2 Å². The molecule has 3 rings (SSSR count). The molecule has 8 heteroatoms. The number of benzene rings is 1. The summed E-state index contributed by atoms with van der Waals surface area (Å²) in [5.74, 6) is 0.171. The van der Waals surface area contributed by atoms with Crippen molar-refractivity contribution in [2.75, 3.05) is 10.6 Å². The van der Waals surface area contributed by atoms with E-state index >= 15 is 0 Å². The SMILES string of the molecule is CCc1cnc2nc(NC(=O)O)cc(Nc3ccc(Cl)cc3)c2n1. The van der Waals surface area contributed by atoms with Crippen LogP contribution in [0.1, 0.15) is 12.6 Å². The first-order valence-electron chi connectivity index (χ1n) is 7.24. The lowest BCUT2D eigenvalue weighted by molar-refractivity contribution is 0.209. The molecule has 0 saturated carbocycles. The van der Waals surface area contributed by atoms with E-state index in [-0.39, 0.29) is 5.82 Å². The molecule has 2 aromatic heterocycles. The minimum atomic E-state index is -1.20. The third kappa shape index (κ3) is 3.52. The summed E-state index contributed by atoms with van der Waals surface area (Å²) in [5, 5.41) is 15.0. The van der Waals surface area contributed by atoms with E-state index in [9.17, 15) is 4.79 Å². The van der Waals surface area contributed by atoms with Gasteiger partial charge in [0.1, 0.15) is 11.3 Å². The second-order valence-electron chi connectivity index (χ2n) is 5.00. The van der Waals surface area contributed by atoms with Crippen LogP contribution in [0.5, 0.6) is 0 Å². The molecule has 3 aromatic rings. The van der Waals surface area contributed by atoms with Gasteiger partial charge in [-0.15, -0.1) is 0 Å². The number of carboxylic acid groups (broad SMARTS) is 1. The smallest absolute Gasteiger partial charge is 0.410 e. The molecule has 2 heterocycles. The van der Waals surface area contributed by atoms with Gasteiger partial charge in [0.25, 0.3) is 0 Å². The first-order valence-corrected chi connectivity index (χ1v) is 7.62. The Balaban J connectivity index is 2.10. The summed E-state index contributed by atoms with van der Waals surface area (Å²) in [6.07, 6.45) is 1.17. The number of aryl methyl sites for hydroxylation is 1. The average Bonchev–Trinajstić information content (AvgIpc) is 2.56. The maximum absolute atomic E-state index is 10.9. The van der Waals surface area contributed by atoms with E-state index in [0.717, 1.165) is 17.8 Å². The summed E-state index contributed by atoms with van der Waals surface area (Å²) in [4.78, 5) is 23.9. The van der Waals surface area contributed by atoms with Crippen molar-refractivity contribution < 1.29 is 9.90 Å². The standard InChI is InChI=1S/C16H14ClN5O2/c1-2-10-8-18-15-14(20-10)12(7-13(21-15)22-16(23)24)19-11-5-3-9(17)4-6-11/h3-8H,2H2,1H3,(H,23,24)(H2,18,19,21,22). The first kappa shape index (κ1) is 15.9. The molecule has 0 spiro atoms. The Hall–Kier alpha value is -2.93. The van der Waals surface area contributed by atoms with E-state index in [1.165, 1.54) is 0 Å². The molecule has 122 valence electrons. The highest BCUT2D eigenvalue weighted by molar-refractivity contribution is 6.30. The molecule has 0 atom stereocenters. The lowest BCUT2D eigenvalue weighted by Crippen LogP contribution is -2.10. The molecule has 0 aliphatic heterocycles. The predicted octanol–water partition coefficient (Wildman–Crippen LogP) is 4.07. The number of amides is 1. The molecule has 0 bridgehead atoms. The Morgan fingerprint density at radius 1 is 1.25 bits per heavy atom. The second-order valence-corrected chi connectivity index (χ2v) is 5.44. The highest BCUT2D eigenvalue weighted by Gasteiger charge is 2.11. The van der Waals surface area contributed by atoms with Gasteiger partial charge in [0.15, 0.2) is 5.65 Å². The van der Waals surface area contributed by atoms with Crippen LogP contribution >= 0.6 is 11.6 Å². The fourth-order valence-electron chi connectivity index (χ4n) is 2.16. The summed E-state index contributed by atoms with van der Waals surface area (Å²) in [5.41, 5.74) is 3.14. The van der Waals surface area contributed by atoms with Gasteiger partial charge in [-0.1, -0.05) is 18.5 Å². The van der Waals surface area contributed by atoms with Crippen LogP contribution in [0.4, 0.5) is 22.0 Å². The number of hydrogen-bond donors (Lipinski definition) is 3. The normalized spacial score (nSPS) is 10.6. The molecule has 1 amide bonds. The lowest BCUT2D eigenvalue weighted by atomic mass is 10.2.